The Labute approximate surface area is 205 Å². The van der Waals surface area contributed by atoms with Gasteiger partial charge < -0.3 is 10.1 Å². The molecule has 9 nitrogen and oxygen atoms in total. The highest BCUT2D eigenvalue weighted by molar-refractivity contribution is 7.89. The maximum absolute atomic E-state index is 12.6. The molecule has 0 bridgehead atoms. The molecule has 1 aliphatic carbocycles. The molecule has 1 amide bonds. The molecule has 1 aliphatic rings. The molecule has 0 aliphatic heterocycles. The van der Waals surface area contributed by atoms with Crippen LogP contribution in [0.1, 0.15) is 31.2 Å². The number of benzene rings is 2. The van der Waals surface area contributed by atoms with Gasteiger partial charge in [0, 0.05) is 25.8 Å². The first-order chi connectivity index (χ1) is 15.9. The van der Waals surface area contributed by atoms with Gasteiger partial charge in [-0.15, -0.1) is 0 Å². The number of ether oxygens (including phenoxy) is 1. The molecule has 1 fully saturated rings. The van der Waals surface area contributed by atoms with Gasteiger partial charge >= 0.3 is 0 Å². The Morgan fingerprint density at radius 1 is 1.06 bits per heavy atom. The number of halogens is 1. The number of aryl methyl sites for hydroxylation is 1. The molecule has 0 saturated heterocycles. The number of carbonyl (C=O) groups excluding carboxylic acids is 1. The summed E-state index contributed by atoms with van der Waals surface area (Å²) in [6.07, 6.45) is 3.62. The van der Waals surface area contributed by atoms with E-state index in [-0.39, 0.29) is 26.6 Å². The average Bonchev–Trinajstić information content (AvgIpc) is 3.26. The third-order valence-corrected chi connectivity index (χ3v) is 9.14. The lowest BCUT2D eigenvalue weighted by molar-refractivity contribution is -0.118. The Hall–Kier alpha value is -2.18. The Bertz CT molecular complexity index is 1270. The quantitative estimate of drug-likeness (QED) is 0.514. The highest BCUT2D eigenvalue weighted by Crippen LogP contribution is 2.29. The summed E-state index contributed by atoms with van der Waals surface area (Å²) in [7, 11) is -4.52. The molecule has 0 spiro atoms. The first kappa shape index (κ1) is 26.4. The van der Waals surface area contributed by atoms with Crippen molar-refractivity contribution in [2.45, 2.75) is 48.4 Å². The summed E-state index contributed by atoms with van der Waals surface area (Å²) in [5.74, 6) is -0.379. The largest absolute Gasteiger partial charge is 0.482 e. The fourth-order valence-corrected chi connectivity index (χ4v) is 6.09. The van der Waals surface area contributed by atoms with Crippen LogP contribution in [0.5, 0.6) is 5.75 Å². The number of nitrogens with one attached hydrogen (secondary N) is 2. The van der Waals surface area contributed by atoms with Gasteiger partial charge in [0.15, 0.2) is 6.61 Å². The van der Waals surface area contributed by atoms with Crippen LogP contribution in [-0.2, 0) is 24.8 Å². The average molecular weight is 530 g/mol. The lowest BCUT2D eigenvalue weighted by atomic mass is 10.2. The molecule has 0 aromatic heterocycles. The maximum Gasteiger partial charge on any atom is 0.262 e. The highest BCUT2D eigenvalue weighted by atomic mass is 35.5. The van der Waals surface area contributed by atoms with E-state index in [4.69, 9.17) is 16.3 Å². The van der Waals surface area contributed by atoms with Crippen LogP contribution in [0.3, 0.4) is 0 Å². The van der Waals surface area contributed by atoms with E-state index in [0.717, 1.165) is 30.0 Å². The van der Waals surface area contributed by atoms with E-state index >= 15 is 0 Å². The Morgan fingerprint density at radius 3 is 2.32 bits per heavy atom. The number of nitrogens with zero attached hydrogens (tertiary/aromatic N) is 1. The summed E-state index contributed by atoms with van der Waals surface area (Å²) in [6.45, 7) is 1.33. The third kappa shape index (κ3) is 6.28. The van der Waals surface area contributed by atoms with E-state index in [2.05, 4.69) is 10.0 Å². The number of amides is 1. The standard InChI is InChI=1S/C22H28ClN3O6S2/c1-15-8-9-18(34(30,31)26(2)3)13-20(15)24-22(27)14-32-21-11-10-17(12-19(21)23)33(28,29)25-16-6-4-5-7-16/h8-13,16,25H,4-7,14H2,1-3H3,(H,24,27). The van der Waals surface area contributed by atoms with Gasteiger partial charge in [-0.3, -0.25) is 4.79 Å². The molecule has 1 saturated carbocycles. The summed E-state index contributed by atoms with van der Waals surface area (Å²) in [6, 6.07) is 8.43. The van der Waals surface area contributed by atoms with Crippen molar-refractivity contribution in [3.8, 4) is 5.75 Å². The normalized spacial score (nSPS) is 15.0. The predicted octanol–water partition coefficient (Wildman–Crippen LogP) is 3.14. The van der Waals surface area contributed by atoms with Crippen LogP contribution in [0.4, 0.5) is 5.69 Å². The third-order valence-electron chi connectivity index (χ3n) is 5.51. The molecule has 186 valence electrons. The lowest BCUT2D eigenvalue weighted by Crippen LogP contribution is -2.32. The Morgan fingerprint density at radius 2 is 1.71 bits per heavy atom. The molecule has 0 atom stereocenters. The Kier molecular flexibility index (Phi) is 8.25. The van der Waals surface area contributed by atoms with E-state index in [1.807, 2.05) is 0 Å². The fraction of sp³-hybridized carbons (Fsp3) is 0.409. The topological polar surface area (TPSA) is 122 Å². The lowest BCUT2D eigenvalue weighted by Gasteiger charge is -2.15. The maximum atomic E-state index is 12.6. The monoisotopic (exact) mass is 529 g/mol. The van der Waals surface area contributed by atoms with Crippen molar-refractivity contribution in [2.75, 3.05) is 26.0 Å². The number of carbonyl (C=O) groups is 1. The van der Waals surface area contributed by atoms with E-state index in [1.54, 1.807) is 13.0 Å². The van der Waals surface area contributed by atoms with Crippen LogP contribution in [0, 0.1) is 6.92 Å². The van der Waals surface area contributed by atoms with Gasteiger partial charge in [0.2, 0.25) is 20.0 Å². The molecule has 34 heavy (non-hydrogen) atoms. The minimum absolute atomic E-state index is 0.0238. The molecule has 0 unspecified atom stereocenters. The number of hydrogen-bond donors (Lipinski definition) is 2. The van der Waals surface area contributed by atoms with E-state index in [1.165, 1.54) is 44.4 Å². The SMILES string of the molecule is Cc1ccc(S(=O)(=O)N(C)C)cc1NC(=O)COc1ccc(S(=O)(=O)NC2CCCC2)cc1Cl. The van der Waals surface area contributed by atoms with Crippen LogP contribution in [-0.4, -0.2) is 53.8 Å². The second kappa shape index (κ2) is 10.6. The van der Waals surface area contributed by atoms with Gasteiger partial charge in [0.25, 0.3) is 5.91 Å². The van der Waals surface area contributed by atoms with Crippen LogP contribution < -0.4 is 14.8 Å². The molecule has 2 aromatic carbocycles. The molecule has 3 rings (SSSR count). The van der Waals surface area contributed by atoms with Crippen molar-refractivity contribution in [3.63, 3.8) is 0 Å². The smallest absolute Gasteiger partial charge is 0.262 e. The van der Waals surface area contributed by atoms with E-state index < -0.39 is 32.6 Å². The molecule has 0 heterocycles. The zero-order chi connectivity index (χ0) is 25.1. The number of rotatable bonds is 9. The van der Waals surface area contributed by atoms with Gasteiger partial charge in [-0.2, -0.15) is 0 Å². The molecular weight excluding hydrogens is 502 g/mol. The van der Waals surface area contributed by atoms with Crippen LogP contribution in [0.15, 0.2) is 46.2 Å². The van der Waals surface area contributed by atoms with Crippen molar-refractivity contribution in [1.29, 1.82) is 0 Å². The number of hydrogen-bond acceptors (Lipinski definition) is 6. The van der Waals surface area contributed by atoms with Crippen molar-refractivity contribution in [2.24, 2.45) is 0 Å². The number of anilines is 1. The van der Waals surface area contributed by atoms with E-state index in [9.17, 15) is 21.6 Å². The first-order valence-corrected chi connectivity index (χ1v) is 14.0. The van der Waals surface area contributed by atoms with Crippen LogP contribution in [0.2, 0.25) is 5.02 Å². The summed E-state index contributed by atoms with van der Waals surface area (Å²) >= 11 is 6.20. The van der Waals surface area contributed by atoms with Crippen molar-refractivity contribution < 1.29 is 26.4 Å². The summed E-state index contributed by atoms with van der Waals surface area (Å²) in [4.78, 5) is 12.5. The van der Waals surface area contributed by atoms with Crippen LogP contribution >= 0.6 is 11.6 Å². The minimum atomic E-state index is -3.70. The molecule has 2 aromatic rings. The summed E-state index contributed by atoms with van der Waals surface area (Å²) in [5, 5.41) is 2.68. The summed E-state index contributed by atoms with van der Waals surface area (Å²) < 4.78 is 59.1. The van der Waals surface area contributed by atoms with Crippen molar-refractivity contribution in [3.05, 3.63) is 47.0 Å². The van der Waals surface area contributed by atoms with Crippen molar-refractivity contribution in [1.82, 2.24) is 9.03 Å². The molecule has 12 heteroatoms. The number of sulfonamides is 2. The molecule has 2 N–H and O–H groups in total. The second-order valence-electron chi connectivity index (χ2n) is 8.30. The predicted molar refractivity (Wildman–Crippen MR) is 130 cm³/mol. The Balaban J connectivity index is 1.65. The second-order valence-corrected chi connectivity index (χ2v) is 12.6. The van der Waals surface area contributed by atoms with E-state index in [0.29, 0.717) is 11.3 Å². The zero-order valence-electron chi connectivity index (χ0n) is 19.2. The summed E-state index contributed by atoms with van der Waals surface area (Å²) in [5.41, 5.74) is 1.01. The fourth-order valence-electron chi connectivity index (χ4n) is 3.53. The van der Waals surface area contributed by atoms with Gasteiger partial charge in [0.05, 0.1) is 14.8 Å². The molecular formula is C22H28ClN3O6S2. The van der Waals surface area contributed by atoms with Gasteiger partial charge in [-0.25, -0.2) is 25.9 Å². The molecule has 0 radical (unpaired) electrons. The highest BCUT2D eigenvalue weighted by Gasteiger charge is 2.24. The van der Waals surface area contributed by atoms with Gasteiger partial charge in [-0.05, 0) is 55.7 Å². The van der Waals surface area contributed by atoms with Gasteiger partial charge in [-0.1, -0.05) is 30.5 Å². The minimum Gasteiger partial charge on any atom is -0.482 e. The van der Waals surface area contributed by atoms with Gasteiger partial charge in [0.1, 0.15) is 5.75 Å². The van der Waals surface area contributed by atoms with Crippen LogP contribution in [0.25, 0.3) is 0 Å². The van der Waals surface area contributed by atoms with Crippen molar-refractivity contribution >= 4 is 43.2 Å². The zero-order valence-corrected chi connectivity index (χ0v) is 21.6. The first-order valence-electron chi connectivity index (χ1n) is 10.7.